The highest BCUT2D eigenvalue weighted by molar-refractivity contribution is 7.91. The molecule has 1 heterocycles. The van der Waals surface area contributed by atoms with Crippen LogP contribution in [0.15, 0.2) is 82.7 Å². The Morgan fingerprint density at radius 3 is 2.31 bits per heavy atom. The second kappa shape index (κ2) is 7.31. The number of aromatic nitrogens is 3. The van der Waals surface area contributed by atoms with Gasteiger partial charge in [-0.15, -0.1) is 5.10 Å². The monoisotopic (exact) mass is 428 g/mol. The minimum absolute atomic E-state index is 0.0160. The Balaban J connectivity index is 1.97. The van der Waals surface area contributed by atoms with Gasteiger partial charge in [0.15, 0.2) is 0 Å². The van der Waals surface area contributed by atoms with Crippen LogP contribution in [0.1, 0.15) is 0 Å². The molecule has 0 aliphatic carbocycles. The summed E-state index contributed by atoms with van der Waals surface area (Å²) < 4.78 is 41.4. The molecule has 6 nitrogen and oxygen atoms in total. The van der Waals surface area contributed by atoms with Crippen molar-refractivity contribution >= 4 is 27.1 Å². The van der Waals surface area contributed by atoms with Crippen molar-refractivity contribution in [2.45, 2.75) is 9.92 Å². The van der Waals surface area contributed by atoms with Gasteiger partial charge in [0.2, 0.25) is 14.9 Å². The van der Waals surface area contributed by atoms with Crippen molar-refractivity contribution in [1.82, 2.24) is 15.0 Å². The van der Waals surface area contributed by atoms with Crippen LogP contribution in [0.25, 0.3) is 16.9 Å². The molecule has 146 valence electrons. The maximum absolute atomic E-state index is 13.5. The van der Waals surface area contributed by atoms with Crippen LogP contribution < -0.4 is 5.73 Å². The Labute approximate surface area is 171 Å². The summed E-state index contributed by atoms with van der Waals surface area (Å²) in [6.07, 6.45) is 0. The first-order valence-corrected chi connectivity index (χ1v) is 10.3. The Morgan fingerprint density at radius 2 is 1.66 bits per heavy atom. The molecule has 9 heteroatoms. The molecular weight excluding hydrogens is 415 g/mol. The summed E-state index contributed by atoms with van der Waals surface area (Å²) in [5.74, 6) is -0.445. The molecular formula is C20H14ClFN4O2S. The highest BCUT2D eigenvalue weighted by Gasteiger charge is 2.29. The number of nitrogen functional groups attached to an aromatic ring is 1. The Hall–Kier alpha value is -3.23. The lowest BCUT2D eigenvalue weighted by Crippen LogP contribution is -2.06. The van der Waals surface area contributed by atoms with Crippen molar-refractivity contribution in [3.63, 3.8) is 0 Å². The molecule has 0 saturated carbocycles. The van der Waals surface area contributed by atoms with E-state index in [1.54, 1.807) is 30.3 Å². The van der Waals surface area contributed by atoms with Crippen molar-refractivity contribution in [1.29, 1.82) is 0 Å². The summed E-state index contributed by atoms with van der Waals surface area (Å²) in [6.45, 7) is 0. The van der Waals surface area contributed by atoms with E-state index in [1.807, 2.05) is 0 Å². The van der Waals surface area contributed by atoms with Crippen molar-refractivity contribution < 1.29 is 12.8 Å². The molecule has 4 aromatic rings. The third kappa shape index (κ3) is 3.59. The normalized spacial score (nSPS) is 11.5. The Bertz CT molecular complexity index is 1290. The summed E-state index contributed by atoms with van der Waals surface area (Å²) in [4.78, 5) is -0.0160. The van der Waals surface area contributed by atoms with Gasteiger partial charge < -0.3 is 5.73 Å². The molecule has 0 saturated heterocycles. The molecule has 29 heavy (non-hydrogen) atoms. The first kappa shape index (κ1) is 19.1. The molecule has 0 aliphatic heterocycles. The smallest absolute Gasteiger partial charge is 0.228 e. The van der Waals surface area contributed by atoms with Crippen molar-refractivity contribution in [2.24, 2.45) is 0 Å². The summed E-state index contributed by atoms with van der Waals surface area (Å²) in [5.41, 5.74) is 7.48. The fraction of sp³-hybridized carbons (Fsp3) is 0. The van der Waals surface area contributed by atoms with Gasteiger partial charge in [-0.3, -0.25) is 0 Å². The molecule has 1 aromatic heterocycles. The van der Waals surface area contributed by atoms with Crippen molar-refractivity contribution in [2.75, 3.05) is 5.73 Å². The quantitative estimate of drug-likeness (QED) is 0.493. The predicted octanol–water partition coefficient (Wildman–Crippen LogP) is 4.14. The van der Waals surface area contributed by atoms with E-state index >= 15 is 0 Å². The summed E-state index contributed by atoms with van der Waals surface area (Å²) in [7, 11) is -4.04. The van der Waals surface area contributed by atoms with E-state index < -0.39 is 15.7 Å². The predicted molar refractivity (Wildman–Crippen MR) is 108 cm³/mol. The van der Waals surface area contributed by atoms with Crippen LogP contribution in [-0.4, -0.2) is 23.4 Å². The van der Waals surface area contributed by atoms with Gasteiger partial charge in [-0.1, -0.05) is 22.9 Å². The van der Waals surface area contributed by atoms with Gasteiger partial charge in [0.05, 0.1) is 10.6 Å². The second-order valence-corrected chi connectivity index (χ2v) is 8.52. The first-order chi connectivity index (χ1) is 13.9. The highest BCUT2D eigenvalue weighted by atomic mass is 35.5. The van der Waals surface area contributed by atoms with E-state index in [-0.39, 0.29) is 20.6 Å². The SMILES string of the molecule is Nc1ccc(-n2nnc(S(=O)(=O)c3cccc(Cl)c3)c2-c2ccc(F)cc2)cc1. The number of anilines is 1. The molecule has 4 rings (SSSR count). The molecule has 3 aromatic carbocycles. The van der Waals surface area contributed by atoms with Crippen LogP contribution in [0.4, 0.5) is 10.1 Å². The van der Waals surface area contributed by atoms with Gasteiger partial charge in [0, 0.05) is 16.3 Å². The number of rotatable bonds is 4. The first-order valence-electron chi connectivity index (χ1n) is 8.44. The lowest BCUT2D eigenvalue weighted by Gasteiger charge is -2.09. The molecule has 0 unspecified atom stereocenters. The Morgan fingerprint density at radius 1 is 0.966 bits per heavy atom. The van der Waals surface area contributed by atoms with Gasteiger partial charge in [0.25, 0.3) is 0 Å². The van der Waals surface area contributed by atoms with Crippen molar-refractivity contribution in [3.8, 4) is 16.9 Å². The summed E-state index contributed by atoms with van der Waals surface area (Å²) in [5, 5.41) is 8.01. The second-order valence-electron chi connectivity index (χ2n) is 6.21. The van der Waals surface area contributed by atoms with Crippen LogP contribution in [0.3, 0.4) is 0 Å². The van der Waals surface area contributed by atoms with Crippen LogP contribution in [0, 0.1) is 5.82 Å². The lowest BCUT2D eigenvalue weighted by molar-refractivity contribution is 0.592. The van der Waals surface area contributed by atoms with E-state index in [0.29, 0.717) is 16.9 Å². The van der Waals surface area contributed by atoms with Gasteiger partial charge in [-0.2, -0.15) is 0 Å². The standard InChI is InChI=1S/C20H14ClFN4O2S/c21-14-2-1-3-18(12-14)29(27,28)20-19(13-4-6-15(22)7-5-13)26(25-24-20)17-10-8-16(23)9-11-17/h1-12H,23H2. The average Bonchev–Trinajstić information content (AvgIpc) is 3.15. The molecule has 0 bridgehead atoms. The fourth-order valence-corrected chi connectivity index (χ4v) is 4.47. The van der Waals surface area contributed by atoms with E-state index in [2.05, 4.69) is 10.3 Å². The van der Waals surface area contributed by atoms with E-state index in [9.17, 15) is 12.8 Å². The zero-order valence-corrected chi connectivity index (χ0v) is 16.4. The van der Waals surface area contributed by atoms with Crippen LogP contribution in [0.2, 0.25) is 5.02 Å². The van der Waals surface area contributed by atoms with Gasteiger partial charge in [-0.25, -0.2) is 17.5 Å². The van der Waals surface area contributed by atoms with Crippen LogP contribution in [0.5, 0.6) is 0 Å². The molecule has 0 fully saturated rings. The number of nitrogens with zero attached hydrogens (tertiary/aromatic N) is 3. The van der Waals surface area contributed by atoms with Crippen LogP contribution in [-0.2, 0) is 9.84 Å². The largest absolute Gasteiger partial charge is 0.399 e. The highest BCUT2D eigenvalue weighted by Crippen LogP contribution is 2.32. The van der Waals surface area contributed by atoms with E-state index in [0.717, 1.165) is 0 Å². The van der Waals surface area contributed by atoms with E-state index in [4.69, 9.17) is 17.3 Å². The third-order valence-electron chi connectivity index (χ3n) is 4.26. The fourth-order valence-electron chi connectivity index (χ4n) is 2.84. The molecule has 0 spiro atoms. The average molecular weight is 429 g/mol. The number of benzene rings is 3. The number of hydrogen-bond acceptors (Lipinski definition) is 5. The van der Waals surface area contributed by atoms with Gasteiger partial charge >= 0.3 is 0 Å². The zero-order chi connectivity index (χ0) is 20.6. The summed E-state index contributed by atoms with van der Waals surface area (Å²) >= 11 is 5.97. The number of halogens is 2. The molecule has 0 amide bonds. The number of nitrogens with two attached hydrogens (primary N) is 1. The number of sulfone groups is 1. The molecule has 0 atom stereocenters. The minimum Gasteiger partial charge on any atom is -0.399 e. The zero-order valence-electron chi connectivity index (χ0n) is 14.8. The lowest BCUT2D eigenvalue weighted by atomic mass is 10.1. The van der Waals surface area contributed by atoms with Crippen molar-refractivity contribution in [3.05, 3.63) is 83.6 Å². The molecule has 0 radical (unpaired) electrons. The maximum Gasteiger partial charge on any atom is 0.228 e. The topological polar surface area (TPSA) is 90.9 Å². The third-order valence-corrected chi connectivity index (χ3v) is 6.15. The van der Waals surface area contributed by atoms with Gasteiger partial charge in [0.1, 0.15) is 11.5 Å². The molecule has 2 N–H and O–H groups in total. The minimum atomic E-state index is -4.04. The number of hydrogen-bond donors (Lipinski definition) is 1. The molecule has 0 aliphatic rings. The summed E-state index contributed by atoms with van der Waals surface area (Å²) in [6, 6.07) is 18.0. The van der Waals surface area contributed by atoms with Gasteiger partial charge in [-0.05, 0) is 66.7 Å². The Kier molecular flexibility index (Phi) is 4.81. The van der Waals surface area contributed by atoms with E-state index in [1.165, 1.54) is 47.1 Å². The van der Waals surface area contributed by atoms with Crippen LogP contribution >= 0.6 is 11.6 Å². The maximum atomic E-state index is 13.5.